The van der Waals surface area contributed by atoms with Crippen molar-refractivity contribution in [1.82, 2.24) is 30.4 Å². The van der Waals surface area contributed by atoms with Crippen LogP contribution in [0.25, 0.3) is 22.2 Å². The van der Waals surface area contributed by atoms with Crippen LogP contribution in [-0.4, -0.2) is 120 Å². The standard InChI is InChI=1S/C55H58F3N9O7/c56-55(57,58)54(74-47-7-2-1-5-41(47)46-30-42-37(32-59)4-3-6-44(42)62-46)17-25-67(26-18-54)53(72)43-31-50(69)63-45-29-38(8-9-40(43)45)73-27-20-61-51(70)35-15-21-65(22-16-35)33-34-13-23-66(24-14-34)48-28-36(12-19-60-48)39-10-11-49(68)64-52(39)71/h1-9,12,19,28-30,34-35,39,43,62H,10-11,13-18,20-27,31,33H2,(H,61,70)(H,63,69)(H,64,68,71)/t39?,43-/m0/s1. The van der Waals surface area contributed by atoms with Crippen molar-refractivity contribution in [3.05, 3.63) is 102 Å². The average Bonchev–Trinajstić information content (AvgIpc) is 3.85. The Morgan fingerprint density at radius 3 is 2.41 bits per heavy atom. The number of benzene rings is 3. The number of nitrogens with one attached hydrogen (secondary N) is 4. The van der Waals surface area contributed by atoms with Crippen LogP contribution < -0.4 is 30.3 Å². The number of nitrogens with zero attached hydrogens (tertiary/aromatic N) is 5. The molecular weight excluding hydrogens is 956 g/mol. The van der Waals surface area contributed by atoms with E-state index in [9.17, 15) is 29.2 Å². The first-order valence-electron chi connectivity index (χ1n) is 25.5. The van der Waals surface area contributed by atoms with Crippen molar-refractivity contribution in [1.29, 1.82) is 5.26 Å². The highest BCUT2D eigenvalue weighted by atomic mass is 19.4. The van der Waals surface area contributed by atoms with E-state index in [4.69, 9.17) is 9.47 Å². The number of pyridine rings is 1. The highest BCUT2D eigenvalue weighted by Crippen LogP contribution is 2.46. The number of rotatable bonds is 13. The van der Waals surface area contributed by atoms with Crippen LogP contribution in [0.1, 0.15) is 86.3 Å². The lowest BCUT2D eigenvalue weighted by atomic mass is 9.86. The van der Waals surface area contributed by atoms with Gasteiger partial charge in [-0.3, -0.25) is 29.3 Å². The lowest BCUT2D eigenvalue weighted by Crippen LogP contribution is -2.58. The van der Waals surface area contributed by atoms with E-state index in [1.165, 1.54) is 11.0 Å². The molecule has 386 valence electrons. The summed E-state index contributed by atoms with van der Waals surface area (Å²) in [6, 6.07) is 24.3. The maximum absolute atomic E-state index is 15.1. The molecule has 10 rings (SSSR count). The summed E-state index contributed by atoms with van der Waals surface area (Å²) >= 11 is 0. The first kappa shape index (κ1) is 50.1. The molecule has 2 aromatic heterocycles. The van der Waals surface area contributed by atoms with E-state index in [0.29, 0.717) is 63.5 Å². The number of amides is 5. The van der Waals surface area contributed by atoms with Crippen LogP contribution in [0.4, 0.5) is 24.7 Å². The first-order valence-corrected chi connectivity index (χ1v) is 25.5. The first-order chi connectivity index (χ1) is 35.7. The van der Waals surface area contributed by atoms with Gasteiger partial charge in [-0.15, -0.1) is 0 Å². The second-order valence-corrected chi connectivity index (χ2v) is 20.1. The summed E-state index contributed by atoms with van der Waals surface area (Å²) in [5.41, 5.74) is 1.19. The Kier molecular flexibility index (Phi) is 14.3. The fourth-order valence-corrected chi connectivity index (χ4v) is 11.3. The Balaban J connectivity index is 0.671. The summed E-state index contributed by atoms with van der Waals surface area (Å²) < 4.78 is 57.2. The van der Waals surface area contributed by atoms with E-state index in [2.05, 4.69) is 41.8 Å². The lowest BCUT2D eigenvalue weighted by molar-refractivity contribution is -0.260. The Hall–Kier alpha value is -7.46. The third kappa shape index (κ3) is 10.6. The summed E-state index contributed by atoms with van der Waals surface area (Å²) in [4.78, 5) is 78.2. The van der Waals surface area contributed by atoms with Gasteiger partial charge in [0.1, 0.15) is 23.9 Å². The van der Waals surface area contributed by atoms with E-state index in [1.54, 1.807) is 66.9 Å². The molecule has 74 heavy (non-hydrogen) atoms. The number of halogens is 3. The van der Waals surface area contributed by atoms with Crippen LogP contribution in [0.5, 0.6) is 11.5 Å². The predicted octanol–water partition coefficient (Wildman–Crippen LogP) is 7.17. The Morgan fingerprint density at radius 1 is 0.865 bits per heavy atom. The molecule has 19 heteroatoms. The third-order valence-corrected chi connectivity index (χ3v) is 15.5. The molecule has 0 bridgehead atoms. The average molecular weight is 1010 g/mol. The van der Waals surface area contributed by atoms with Gasteiger partial charge >= 0.3 is 6.18 Å². The highest BCUT2D eigenvalue weighted by Gasteiger charge is 2.59. The second kappa shape index (κ2) is 21.2. The number of para-hydroxylation sites is 1. The summed E-state index contributed by atoms with van der Waals surface area (Å²) in [7, 11) is 0. The van der Waals surface area contributed by atoms with Gasteiger partial charge in [0.25, 0.3) is 0 Å². The van der Waals surface area contributed by atoms with Crippen molar-refractivity contribution in [2.24, 2.45) is 11.8 Å². The predicted molar refractivity (Wildman–Crippen MR) is 268 cm³/mol. The fourth-order valence-electron chi connectivity index (χ4n) is 11.3. The molecule has 1 unspecified atom stereocenters. The van der Waals surface area contributed by atoms with Gasteiger partial charge in [-0.25, -0.2) is 4.98 Å². The molecule has 0 radical (unpaired) electrons. The van der Waals surface area contributed by atoms with Gasteiger partial charge in [0, 0.05) is 98.7 Å². The zero-order valence-electron chi connectivity index (χ0n) is 40.8. The van der Waals surface area contributed by atoms with Crippen LogP contribution in [0.3, 0.4) is 0 Å². The number of anilines is 2. The summed E-state index contributed by atoms with van der Waals surface area (Å²) in [5.74, 6) is -0.876. The number of imide groups is 1. The number of ether oxygens (including phenoxy) is 2. The molecule has 5 amide bonds. The van der Waals surface area contributed by atoms with Crippen LogP contribution >= 0.6 is 0 Å². The molecular formula is C55H58F3N9O7. The van der Waals surface area contributed by atoms with Crippen molar-refractivity contribution < 1.29 is 46.6 Å². The topological polar surface area (TPSA) is 202 Å². The minimum atomic E-state index is -4.78. The number of likely N-dealkylation sites (tertiary alicyclic amines) is 2. The van der Waals surface area contributed by atoms with Gasteiger partial charge in [0.05, 0.1) is 35.7 Å². The van der Waals surface area contributed by atoms with Crippen LogP contribution in [0, 0.1) is 23.2 Å². The van der Waals surface area contributed by atoms with Crippen LogP contribution in [0.2, 0.25) is 0 Å². The van der Waals surface area contributed by atoms with Crippen molar-refractivity contribution in [3.8, 4) is 28.8 Å². The molecule has 0 saturated carbocycles. The van der Waals surface area contributed by atoms with Gasteiger partial charge in [-0.2, -0.15) is 18.4 Å². The summed E-state index contributed by atoms with van der Waals surface area (Å²) in [6.07, 6.45) is 0.141. The van der Waals surface area contributed by atoms with Gasteiger partial charge in [0.2, 0.25) is 35.1 Å². The molecule has 0 spiro atoms. The number of nitriles is 1. The Morgan fingerprint density at radius 2 is 1.65 bits per heavy atom. The number of hydrogen-bond acceptors (Lipinski definition) is 11. The van der Waals surface area contributed by atoms with E-state index >= 15 is 13.2 Å². The molecule has 3 aromatic carbocycles. The molecule has 4 fully saturated rings. The smallest absolute Gasteiger partial charge is 0.428 e. The molecule has 0 aliphatic carbocycles. The minimum Gasteiger partial charge on any atom is -0.492 e. The van der Waals surface area contributed by atoms with Crippen molar-refractivity contribution in [3.63, 3.8) is 0 Å². The van der Waals surface area contributed by atoms with Gasteiger partial charge in [-0.1, -0.05) is 24.3 Å². The highest BCUT2D eigenvalue weighted by molar-refractivity contribution is 6.02. The van der Waals surface area contributed by atoms with E-state index < -0.39 is 42.4 Å². The number of carbonyl (C=O) groups excluding carboxylic acids is 5. The molecule has 7 heterocycles. The van der Waals surface area contributed by atoms with E-state index in [-0.39, 0.29) is 68.0 Å². The quantitative estimate of drug-likeness (QED) is 0.0688. The SMILES string of the molecule is N#Cc1cccc2[nH]c(-c3ccccc3OC3(C(F)(F)F)CCN(C(=O)[C@H]4CC(=O)Nc5cc(OCCNC(=O)C6CCN(CC7CCN(c8cc(C9CCC(=O)NC9=O)ccn8)CC7)CC6)ccc54)CC3)cc12. The number of alkyl halides is 3. The zero-order valence-corrected chi connectivity index (χ0v) is 40.8. The number of fused-ring (bicyclic) bond motifs is 2. The Bertz CT molecular complexity index is 2980. The van der Waals surface area contributed by atoms with E-state index in [0.717, 1.165) is 69.8 Å². The molecule has 5 aliphatic rings. The molecule has 4 saturated heterocycles. The van der Waals surface area contributed by atoms with E-state index in [1.807, 2.05) is 12.1 Å². The third-order valence-electron chi connectivity index (χ3n) is 15.5. The van der Waals surface area contributed by atoms with Crippen LogP contribution in [0.15, 0.2) is 85.1 Å². The van der Waals surface area contributed by atoms with Crippen LogP contribution in [-0.2, 0) is 24.0 Å². The molecule has 4 N–H and O–H groups in total. The monoisotopic (exact) mass is 1010 g/mol. The van der Waals surface area contributed by atoms with Crippen molar-refractivity contribution >= 4 is 51.9 Å². The molecule has 5 aromatic rings. The number of aromatic nitrogens is 2. The number of hydrogen-bond donors (Lipinski definition) is 4. The summed E-state index contributed by atoms with van der Waals surface area (Å²) in [6.45, 7) is 4.33. The number of piperidine rings is 4. The fraction of sp³-hybridized carbons (Fsp3) is 0.436. The number of carbonyl (C=O) groups is 5. The normalized spacial score (nSPS) is 20.8. The van der Waals surface area contributed by atoms with Crippen molar-refractivity contribution in [2.75, 3.05) is 69.2 Å². The largest absolute Gasteiger partial charge is 0.492 e. The molecule has 16 nitrogen and oxygen atoms in total. The van der Waals surface area contributed by atoms with Gasteiger partial charge < -0.3 is 39.8 Å². The zero-order chi connectivity index (χ0) is 51.6. The van der Waals surface area contributed by atoms with Gasteiger partial charge in [0.15, 0.2) is 0 Å². The maximum Gasteiger partial charge on any atom is 0.428 e. The lowest BCUT2D eigenvalue weighted by Gasteiger charge is -2.43. The van der Waals surface area contributed by atoms with Gasteiger partial charge in [-0.05, 0) is 111 Å². The molecule has 5 aliphatic heterocycles. The molecule has 2 atom stereocenters. The van der Waals surface area contributed by atoms with Crippen molar-refractivity contribution in [2.45, 2.75) is 81.4 Å². The summed E-state index contributed by atoms with van der Waals surface area (Å²) in [5, 5.41) is 18.5. The Labute approximate surface area is 425 Å². The maximum atomic E-state index is 15.1. The number of H-pyrrole nitrogens is 1. The second-order valence-electron chi connectivity index (χ2n) is 20.1. The number of aromatic amines is 1. The minimum absolute atomic E-state index is 0.0128.